The maximum Gasteiger partial charge on any atom is 0.283 e. The number of nitrogens with one attached hydrogen (secondary N) is 1. The average Bonchev–Trinajstić information content (AvgIpc) is 2.97. The summed E-state index contributed by atoms with van der Waals surface area (Å²) in [5, 5.41) is 5.66. The number of amides is 1. The van der Waals surface area contributed by atoms with Gasteiger partial charge in [0.2, 0.25) is 0 Å². The number of hydrogen-bond acceptors (Lipinski definition) is 5. The smallest absolute Gasteiger partial charge is 0.283 e. The Morgan fingerprint density at radius 3 is 2.62 bits per heavy atom. The van der Waals surface area contributed by atoms with Gasteiger partial charge in [0.05, 0.1) is 25.5 Å². The van der Waals surface area contributed by atoms with Crippen molar-refractivity contribution in [2.75, 3.05) is 14.2 Å². The second kappa shape index (κ2) is 7.95. The van der Waals surface area contributed by atoms with Gasteiger partial charge < -0.3 is 9.47 Å². The normalized spacial score (nSPS) is 11.1. The predicted molar refractivity (Wildman–Crippen MR) is 106 cm³/mol. The van der Waals surface area contributed by atoms with Gasteiger partial charge in [0.1, 0.15) is 4.88 Å². The molecule has 0 atom stereocenters. The molecule has 134 valence electrons. The Bertz CT molecular complexity index is 1000. The number of methoxy groups -OCH3 is 2. The fraction of sp³-hybridized carbons (Fsp3) is 0.111. The summed E-state index contributed by atoms with van der Waals surface area (Å²) in [7, 11) is 3.12. The minimum Gasteiger partial charge on any atom is -0.493 e. The molecule has 3 aromatic rings. The van der Waals surface area contributed by atoms with E-state index in [1.54, 1.807) is 44.6 Å². The first kappa shape index (κ1) is 18.5. The fourth-order valence-electron chi connectivity index (χ4n) is 2.34. The minimum atomic E-state index is -0.385. The molecule has 0 spiro atoms. The van der Waals surface area contributed by atoms with Crippen LogP contribution in [0.5, 0.6) is 11.5 Å². The molecule has 0 aliphatic heterocycles. The van der Waals surface area contributed by atoms with Gasteiger partial charge in [0.15, 0.2) is 11.5 Å². The van der Waals surface area contributed by atoms with Crippen LogP contribution in [0.25, 0.3) is 10.1 Å². The van der Waals surface area contributed by atoms with Gasteiger partial charge in [0.25, 0.3) is 5.91 Å². The molecular formula is C18H14Cl2N2O3S. The highest BCUT2D eigenvalue weighted by atomic mass is 35.5. The van der Waals surface area contributed by atoms with Crippen molar-refractivity contribution >= 4 is 56.7 Å². The minimum absolute atomic E-state index is 0.367. The second-order valence-corrected chi connectivity index (χ2v) is 7.07. The number of carbonyl (C=O) groups is 1. The van der Waals surface area contributed by atoms with Crippen molar-refractivity contribution in [2.24, 2.45) is 5.10 Å². The van der Waals surface area contributed by atoms with E-state index in [4.69, 9.17) is 32.7 Å². The zero-order chi connectivity index (χ0) is 18.7. The Balaban J connectivity index is 1.77. The topological polar surface area (TPSA) is 59.9 Å². The highest BCUT2D eigenvalue weighted by molar-refractivity contribution is 7.21. The molecule has 1 heterocycles. The number of benzene rings is 2. The SMILES string of the molecule is COc1ccc(/C=N/NC(=O)c2sc3ccc(Cl)cc3c2Cl)cc1OC. The number of fused-ring (bicyclic) bond motifs is 1. The van der Waals surface area contributed by atoms with Gasteiger partial charge in [-0.25, -0.2) is 5.43 Å². The van der Waals surface area contributed by atoms with Crippen molar-refractivity contribution in [1.82, 2.24) is 5.43 Å². The number of carbonyl (C=O) groups excluding carboxylic acids is 1. The third-order valence-electron chi connectivity index (χ3n) is 3.58. The molecule has 0 saturated heterocycles. The fourth-order valence-corrected chi connectivity index (χ4v) is 3.89. The van der Waals surface area contributed by atoms with Gasteiger partial charge in [-0.3, -0.25) is 4.79 Å². The van der Waals surface area contributed by atoms with Gasteiger partial charge in [-0.1, -0.05) is 23.2 Å². The van der Waals surface area contributed by atoms with Crippen LogP contribution in [0.2, 0.25) is 10.0 Å². The van der Waals surface area contributed by atoms with Crippen LogP contribution in [-0.4, -0.2) is 26.3 Å². The van der Waals surface area contributed by atoms with E-state index in [9.17, 15) is 4.79 Å². The predicted octanol–water partition coefficient (Wildman–Crippen LogP) is 4.99. The van der Waals surface area contributed by atoms with Gasteiger partial charge in [-0.05, 0) is 42.0 Å². The average molecular weight is 409 g/mol. The molecule has 0 unspecified atom stereocenters. The van der Waals surface area contributed by atoms with Gasteiger partial charge in [0, 0.05) is 15.1 Å². The Kier molecular flexibility index (Phi) is 5.66. The molecule has 5 nitrogen and oxygen atoms in total. The molecule has 2 aromatic carbocycles. The summed E-state index contributed by atoms with van der Waals surface area (Å²) in [5.41, 5.74) is 3.23. The summed E-state index contributed by atoms with van der Waals surface area (Å²) in [5.74, 6) is 0.806. The van der Waals surface area contributed by atoms with Crippen molar-refractivity contribution in [3.8, 4) is 11.5 Å². The number of halogens is 2. The second-order valence-electron chi connectivity index (χ2n) is 5.20. The van der Waals surface area contributed by atoms with Crippen LogP contribution in [-0.2, 0) is 0 Å². The number of rotatable bonds is 5. The van der Waals surface area contributed by atoms with E-state index < -0.39 is 0 Å². The number of thiophene rings is 1. The quantitative estimate of drug-likeness (QED) is 0.477. The van der Waals surface area contributed by atoms with E-state index in [2.05, 4.69) is 10.5 Å². The lowest BCUT2D eigenvalue weighted by Crippen LogP contribution is -2.16. The Hall–Kier alpha value is -2.28. The maximum absolute atomic E-state index is 12.4. The van der Waals surface area contributed by atoms with Crippen LogP contribution >= 0.6 is 34.5 Å². The van der Waals surface area contributed by atoms with Crippen LogP contribution in [0.3, 0.4) is 0 Å². The van der Waals surface area contributed by atoms with Crippen LogP contribution in [0.4, 0.5) is 0 Å². The maximum atomic E-state index is 12.4. The first-order valence-corrected chi connectivity index (χ1v) is 9.03. The standard InChI is InChI=1S/C18H14Cl2N2O3S/c1-24-13-5-3-10(7-14(13)25-2)9-21-22-18(23)17-16(20)12-8-11(19)4-6-15(12)26-17/h3-9H,1-2H3,(H,22,23)/b21-9+. The summed E-state index contributed by atoms with van der Waals surface area (Å²) >= 11 is 13.6. The molecule has 0 aliphatic carbocycles. The van der Waals surface area contributed by atoms with E-state index in [1.165, 1.54) is 17.6 Å². The number of ether oxygens (including phenoxy) is 2. The van der Waals surface area contributed by atoms with Crippen molar-refractivity contribution in [3.63, 3.8) is 0 Å². The molecular weight excluding hydrogens is 395 g/mol. The molecule has 0 saturated carbocycles. The zero-order valence-corrected chi connectivity index (χ0v) is 16.2. The Labute approximate surface area is 164 Å². The Morgan fingerprint density at radius 1 is 1.12 bits per heavy atom. The summed E-state index contributed by atoms with van der Waals surface area (Å²) in [6.45, 7) is 0. The molecule has 0 fully saturated rings. The van der Waals surface area contributed by atoms with Crippen molar-refractivity contribution in [2.45, 2.75) is 0 Å². The van der Waals surface area contributed by atoms with E-state index in [1.807, 2.05) is 6.07 Å². The molecule has 1 aromatic heterocycles. The highest BCUT2D eigenvalue weighted by Gasteiger charge is 2.17. The summed E-state index contributed by atoms with van der Waals surface area (Å²) in [6, 6.07) is 10.6. The molecule has 1 amide bonds. The number of hydrogen-bond donors (Lipinski definition) is 1. The van der Waals surface area contributed by atoms with Crippen molar-refractivity contribution in [1.29, 1.82) is 0 Å². The molecule has 0 bridgehead atoms. The first-order chi connectivity index (χ1) is 12.5. The van der Waals surface area contributed by atoms with Gasteiger partial charge >= 0.3 is 0 Å². The number of hydrazone groups is 1. The summed E-state index contributed by atoms with van der Waals surface area (Å²) < 4.78 is 11.3. The van der Waals surface area contributed by atoms with E-state index in [-0.39, 0.29) is 5.91 Å². The zero-order valence-electron chi connectivity index (χ0n) is 13.9. The lowest BCUT2D eigenvalue weighted by atomic mass is 10.2. The molecule has 1 N–H and O–H groups in total. The molecule has 3 rings (SSSR count). The van der Waals surface area contributed by atoms with Gasteiger partial charge in [-0.15, -0.1) is 11.3 Å². The number of nitrogens with zero attached hydrogens (tertiary/aromatic N) is 1. The molecule has 0 aliphatic rings. The molecule has 8 heteroatoms. The third-order valence-corrected chi connectivity index (χ3v) is 5.49. The van der Waals surface area contributed by atoms with E-state index in [0.29, 0.717) is 26.4 Å². The van der Waals surface area contributed by atoms with Gasteiger partial charge in [-0.2, -0.15) is 5.10 Å². The van der Waals surface area contributed by atoms with Crippen LogP contribution in [0.1, 0.15) is 15.2 Å². The van der Waals surface area contributed by atoms with E-state index >= 15 is 0 Å². The lowest BCUT2D eigenvalue weighted by molar-refractivity contribution is 0.0959. The van der Waals surface area contributed by atoms with Crippen molar-refractivity contribution in [3.05, 3.63) is 56.9 Å². The van der Waals surface area contributed by atoms with E-state index in [0.717, 1.165) is 15.6 Å². The molecule has 26 heavy (non-hydrogen) atoms. The molecule has 0 radical (unpaired) electrons. The van der Waals surface area contributed by atoms with Crippen LogP contribution in [0, 0.1) is 0 Å². The summed E-state index contributed by atoms with van der Waals surface area (Å²) in [6.07, 6.45) is 1.51. The van der Waals surface area contributed by atoms with Crippen LogP contribution in [0.15, 0.2) is 41.5 Å². The van der Waals surface area contributed by atoms with Crippen LogP contribution < -0.4 is 14.9 Å². The third kappa shape index (κ3) is 3.77. The first-order valence-electron chi connectivity index (χ1n) is 7.46. The monoisotopic (exact) mass is 408 g/mol. The largest absolute Gasteiger partial charge is 0.493 e. The lowest BCUT2D eigenvalue weighted by Gasteiger charge is -2.07. The highest BCUT2D eigenvalue weighted by Crippen LogP contribution is 2.36. The summed E-state index contributed by atoms with van der Waals surface area (Å²) in [4.78, 5) is 12.7. The van der Waals surface area contributed by atoms with Crippen molar-refractivity contribution < 1.29 is 14.3 Å². The Morgan fingerprint density at radius 2 is 1.88 bits per heavy atom.